The van der Waals surface area contributed by atoms with Crippen molar-refractivity contribution >= 4 is 11.4 Å². The Kier molecular flexibility index (Phi) is 5.06. The van der Waals surface area contributed by atoms with Crippen molar-refractivity contribution in [1.82, 2.24) is 4.98 Å². The van der Waals surface area contributed by atoms with Crippen LogP contribution in [0.4, 0.5) is 10.1 Å². The number of hydrogen-bond acceptors (Lipinski definition) is 5. The van der Waals surface area contributed by atoms with E-state index in [1.54, 1.807) is 0 Å². The van der Waals surface area contributed by atoms with Crippen LogP contribution in [0.3, 0.4) is 0 Å². The smallest absolute Gasteiger partial charge is 0.231 e. The number of pyridine rings is 1. The number of halogens is 1. The highest BCUT2D eigenvalue weighted by atomic mass is 19.1. The number of nitrogens with zero attached hydrogens (tertiary/aromatic N) is 2. The molecule has 148 valence electrons. The molecule has 0 aliphatic carbocycles. The van der Waals surface area contributed by atoms with Crippen LogP contribution in [-0.4, -0.2) is 24.0 Å². The summed E-state index contributed by atoms with van der Waals surface area (Å²) in [6.07, 6.45) is 2.40. The Bertz CT molecular complexity index is 942. The van der Waals surface area contributed by atoms with E-state index in [2.05, 4.69) is 18.8 Å². The van der Waals surface area contributed by atoms with Crippen LogP contribution in [0.1, 0.15) is 48.1 Å². The number of rotatable bonds is 4. The quantitative estimate of drug-likeness (QED) is 0.797. The first-order valence-corrected chi connectivity index (χ1v) is 9.79. The lowest BCUT2D eigenvalue weighted by Gasteiger charge is -2.22. The number of aliphatic imine (C=N–C) groups is 1. The monoisotopic (exact) mass is 383 g/mol. The van der Waals surface area contributed by atoms with Gasteiger partial charge >= 0.3 is 0 Å². The summed E-state index contributed by atoms with van der Waals surface area (Å²) >= 11 is 0. The molecule has 0 fully saturated rings. The third-order valence-corrected chi connectivity index (χ3v) is 5.85. The lowest BCUT2D eigenvalue weighted by atomic mass is 9.83. The highest BCUT2D eigenvalue weighted by Crippen LogP contribution is 2.40. The van der Waals surface area contributed by atoms with Crippen LogP contribution in [0.25, 0.3) is 0 Å². The number of aryl methyl sites for hydroxylation is 2. The molecule has 0 saturated heterocycles. The standard InChI is InChI=1S/C22H26FN3O2/c1-12-6-18-19(28-11-27-18)10-16(12)9-17-8-15(4-5-24)14(3)22-21(25-17)13(2)7-20(23)26-22/h6-7,10,14-15H,4-5,8-9,11,24H2,1-3H3. The van der Waals surface area contributed by atoms with Crippen LogP contribution in [0.2, 0.25) is 0 Å². The summed E-state index contributed by atoms with van der Waals surface area (Å²) in [5.74, 6) is 1.52. The van der Waals surface area contributed by atoms with Gasteiger partial charge in [-0.15, -0.1) is 0 Å². The minimum atomic E-state index is -0.445. The first-order valence-electron chi connectivity index (χ1n) is 9.79. The van der Waals surface area contributed by atoms with Crippen molar-refractivity contribution in [1.29, 1.82) is 0 Å². The molecule has 2 atom stereocenters. The summed E-state index contributed by atoms with van der Waals surface area (Å²) in [6.45, 7) is 6.93. The molecule has 2 unspecified atom stereocenters. The second-order valence-corrected chi connectivity index (χ2v) is 7.81. The van der Waals surface area contributed by atoms with Crippen molar-refractivity contribution in [3.8, 4) is 11.5 Å². The van der Waals surface area contributed by atoms with Crippen molar-refractivity contribution in [3.05, 3.63) is 46.5 Å². The minimum Gasteiger partial charge on any atom is -0.454 e. The SMILES string of the molecule is Cc1cc2c(cc1CC1=Nc3c(C)cc(F)nc3C(C)C(CCN)C1)OCO2. The summed E-state index contributed by atoms with van der Waals surface area (Å²) in [5.41, 5.74) is 11.6. The fourth-order valence-corrected chi connectivity index (χ4v) is 4.19. The third-order valence-electron chi connectivity index (χ3n) is 5.85. The van der Waals surface area contributed by atoms with Crippen molar-refractivity contribution in [2.24, 2.45) is 16.6 Å². The summed E-state index contributed by atoms with van der Waals surface area (Å²) in [6, 6.07) is 5.52. The number of ether oxygens (including phenoxy) is 2. The van der Waals surface area contributed by atoms with E-state index in [4.69, 9.17) is 20.2 Å². The molecule has 28 heavy (non-hydrogen) atoms. The normalized spacial score (nSPS) is 20.5. The van der Waals surface area contributed by atoms with Crippen LogP contribution < -0.4 is 15.2 Å². The molecule has 5 nitrogen and oxygen atoms in total. The molecule has 0 spiro atoms. The second-order valence-electron chi connectivity index (χ2n) is 7.81. The highest BCUT2D eigenvalue weighted by molar-refractivity contribution is 5.90. The molecule has 2 aliphatic heterocycles. The van der Waals surface area contributed by atoms with Gasteiger partial charge in [0, 0.05) is 18.1 Å². The van der Waals surface area contributed by atoms with Gasteiger partial charge in [-0.1, -0.05) is 6.92 Å². The Balaban J connectivity index is 1.74. The average Bonchev–Trinajstić information content (AvgIpc) is 3.04. The fourth-order valence-electron chi connectivity index (χ4n) is 4.19. The van der Waals surface area contributed by atoms with Crippen molar-refractivity contribution in [2.75, 3.05) is 13.3 Å². The number of nitrogens with two attached hydrogens (primary N) is 1. The molecule has 1 aromatic heterocycles. The molecule has 1 aromatic carbocycles. The van der Waals surface area contributed by atoms with E-state index >= 15 is 0 Å². The fraction of sp³-hybridized carbons (Fsp3) is 0.455. The predicted octanol–water partition coefficient (Wildman–Crippen LogP) is 4.35. The number of hydrogen-bond donors (Lipinski definition) is 1. The molecule has 0 bridgehead atoms. The third kappa shape index (κ3) is 3.49. The van der Waals surface area contributed by atoms with Gasteiger partial charge in [-0.25, -0.2) is 4.98 Å². The largest absolute Gasteiger partial charge is 0.454 e. The maximum absolute atomic E-state index is 14.0. The van der Waals surface area contributed by atoms with E-state index < -0.39 is 5.95 Å². The molecular formula is C22H26FN3O2. The van der Waals surface area contributed by atoms with Crippen LogP contribution in [0.15, 0.2) is 23.2 Å². The van der Waals surface area contributed by atoms with E-state index in [1.807, 2.05) is 19.1 Å². The molecule has 0 amide bonds. The van der Waals surface area contributed by atoms with Gasteiger partial charge in [0.1, 0.15) is 0 Å². The van der Waals surface area contributed by atoms with E-state index in [9.17, 15) is 4.39 Å². The van der Waals surface area contributed by atoms with E-state index in [0.29, 0.717) is 13.0 Å². The van der Waals surface area contributed by atoms with Gasteiger partial charge in [-0.05, 0) is 74.0 Å². The van der Waals surface area contributed by atoms with Crippen LogP contribution in [0, 0.1) is 25.7 Å². The maximum Gasteiger partial charge on any atom is 0.231 e. The summed E-state index contributed by atoms with van der Waals surface area (Å²) in [4.78, 5) is 9.17. The summed E-state index contributed by atoms with van der Waals surface area (Å²) in [5, 5.41) is 0. The summed E-state index contributed by atoms with van der Waals surface area (Å²) < 4.78 is 25.0. The second kappa shape index (κ2) is 7.51. The van der Waals surface area contributed by atoms with Crippen molar-refractivity contribution in [3.63, 3.8) is 0 Å². The number of aromatic nitrogens is 1. The van der Waals surface area contributed by atoms with Crippen LogP contribution in [0.5, 0.6) is 11.5 Å². The first kappa shape index (κ1) is 18.9. The molecular weight excluding hydrogens is 357 g/mol. The van der Waals surface area contributed by atoms with Gasteiger partial charge in [0.25, 0.3) is 0 Å². The molecule has 0 saturated carbocycles. The van der Waals surface area contributed by atoms with E-state index in [1.165, 1.54) is 11.6 Å². The van der Waals surface area contributed by atoms with Gasteiger partial charge in [-0.3, -0.25) is 4.99 Å². The Morgan fingerprint density at radius 2 is 1.89 bits per heavy atom. The average molecular weight is 383 g/mol. The van der Waals surface area contributed by atoms with Gasteiger partial charge in [0.05, 0.1) is 11.4 Å². The molecule has 4 rings (SSSR count). The Morgan fingerprint density at radius 1 is 1.14 bits per heavy atom. The Labute approximate surface area is 164 Å². The molecule has 6 heteroatoms. The van der Waals surface area contributed by atoms with Crippen molar-refractivity contribution < 1.29 is 13.9 Å². The lowest BCUT2D eigenvalue weighted by Crippen LogP contribution is -2.19. The molecule has 2 aromatic rings. The molecule has 2 N–H and O–H groups in total. The predicted molar refractivity (Wildman–Crippen MR) is 107 cm³/mol. The van der Waals surface area contributed by atoms with Crippen LogP contribution >= 0.6 is 0 Å². The van der Waals surface area contributed by atoms with Gasteiger partial charge in [-0.2, -0.15) is 4.39 Å². The molecule has 0 radical (unpaired) electrons. The maximum atomic E-state index is 14.0. The highest BCUT2D eigenvalue weighted by Gasteiger charge is 2.29. The Morgan fingerprint density at radius 3 is 2.64 bits per heavy atom. The van der Waals surface area contributed by atoms with Crippen molar-refractivity contribution in [2.45, 2.75) is 46.0 Å². The zero-order valence-corrected chi connectivity index (χ0v) is 16.6. The number of fused-ring (bicyclic) bond motifs is 2. The van der Waals surface area contributed by atoms with E-state index in [-0.39, 0.29) is 18.6 Å². The Hall–Kier alpha value is -2.47. The van der Waals surface area contributed by atoms with Gasteiger partial charge in [0.2, 0.25) is 12.7 Å². The van der Waals surface area contributed by atoms with Gasteiger partial charge in [0.15, 0.2) is 11.5 Å². The zero-order valence-electron chi connectivity index (χ0n) is 16.6. The summed E-state index contributed by atoms with van der Waals surface area (Å²) in [7, 11) is 0. The molecule has 2 aliphatic rings. The lowest BCUT2D eigenvalue weighted by molar-refractivity contribution is 0.174. The van der Waals surface area contributed by atoms with Crippen LogP contribution in [-0.2, 0) is 6.42 Å². The number of benzene rings is 1. The zero-order chi connectivity index (χ0) is 19.8. The topological polar surface area (TPSA) is 69.7 Å². The van der Waals surface area contributed by atoms with Gasteiger partial charge < -0.3 is 15.2 Å². The molecule has 3 heterocycles. The van der Waals surface area contributed by atoms with E-state index in [0.717, 1.165) is 52.6 Å². The minimum absolute atomic E-state index is 0.104. The first-order chi connectivity index (χ1) is 13.5.